The normalized spacial score (nSPS) is 15.9. The summed E-state index contributed by atoms with van der Waals surface area (Å²) in [5.41, 5.74) is 0.0933. The minimum Gasteiger partial charge on any atom is -0.449 e. The molecule has 0 bridgehead atoms. The highest BCUT2D eigenvalue weighted by atomic mass is 32.2. The Morgan fingerprint density at radius 3 is 2.30 bits per heavy atom. The Labute approximate surface area is 174 Å². The molecule has 1 atom stereocenters. The number of halogens is 1. The van der Waals surface area contributed by atoms with Crippen LogP contribution in [0.15, 0.2) is 53.4 Å². The Morgan fingerprint density at radius 1 is 1.03 bits per heavy atom. The second-order valence-electron chi connectivity index (χ2n) is 7.01. The molecule has 7 nitrogen and oxygen atoms in total. The highest BCUT2D eigenvalue weighted by molar-refractivity contribution is 7.89. The highest BCUT2D eigenvalue weighted by Gasteiger charge is 2.26. The van der Waals surface area contributed by atoms with Gasteiger partial charge < -0.3 is 10.1 Å². The summed E-state index contributed by atoms with van der Waals surface area (Å²) in [7, 11) is -3.60. The fraction of sp³-hybridized carbons (Fsp3) is 0.333. The van der Waals surface area contributed by atoms with Crippen LogP contribution in [0.3, 0.4) is 0 Å². The van der Waals surface area contributed by atoms with Gasteiger partial charge >= 0.3 is 5.97 Å². The summed E-state index contributed by atoms with van der Waals surface area (Å²) < 4.78 is 45.5. The van der Waals surface area contributed by atoms with Crippen molar-refractivity contribution in [2.45, 2.75) is 37.2 Å². The lowest BCUT2D eigenvalue weighted by Crippen LogP contribution is -2.35. The number of nitrogens with zero attached hydrogens (tertiary/aromatic N) is 1. The topological polar surface area (TPSA) is 92.8 Å². The third-order valence-corrected chi connectivity index (χ3v) is 6.74. The summed E-state index contributed by atoms with van der Waals surface area (Å²) in [6, 6.07) is 11.0. The van der Waals surface area contributed by atoms with Gasteiger partial charge in [-0.25, -0.2) is 17.6 Å². The maximum atomic E-state index is 13.6. The number of esters is 1. The molecule has 160 valence electrons. The van der Waals surface area contributed by atoms with E-state index in [0.717, 1.165) is 19.3 Å². The maximum absolute atomic E-state index is 13.6. The molecule has 0 spiro atoms. The summed E-state index contributed by atoms with van der Waals surface area (Å²) in [6.45, 7) is 2.34. The number of carbonyl (C=O) groups excluding carboxylic acids is 2. The van der Waals surface area contributed by atoms with Crippen LogP contribution in [-0.4, -0.2) is 43.8 Å². The second-order valence-corrected chi connectivity index (χ2v) is 8.94. The van der Waals surface area contributed by atoms with E-state index < -0.39 is 33.8 Å². The Bertz CT molecular complexity index is 1020. The van der Waals surface area contributed by atoms with Gasteiger partial charge in [-0.15, -0.1) is 0 Å². The molecule has 1 aliphatic heterocycles. The lowest BCUT2D eigenvalue weighted by molar-refractivity contribution is -0.123. The number of anilines is 1. The molecule has 1 amide bonds. The number of piperidine rings is 1. The smallest absolute Gasteiger partial charge is 0.338 e. The molecule has 2 aromatic carbocycles. The molecule has 2 aromatic rings. The van der Waals surface area contributed by atoms with Crippen molar-refractivity contribution in [1.29, 1.82) is 0 Å². The molecule has 0 radical (unpaired) electrons. The minimum absolute atomic E-state index is 0.0160. The SMILES string of the molecule is C[C@H](OC(=O)c1ccc(S(=O)(=O)N2CCCCC2)cc1)C(=O)Nc1ccccc1F. The number of nitrogens with one attached hydrogen (secondary N) is 1. The third-order valence-electron chi connectivity index (χ3n) is 4.83. The zero-order valence-corrected chi connectivity index (χ0v) is 17.3. The average Bonchev–Trinajstić information content (AvgIpc) is 2.76. The van der Waals surface area contributed by atoms with E-state index in [2.05, 4.69) is 5.32 Å². The molecular formula is C21H23FN2O5S. The number of ether oxygens (including phenoxy) is 1. The quantitative estimate of drug-likeness (QED) is 0.705. The molecule has 0 unspecified atom stereocenters. The molecule has 1 saturated heterocycles. The zero-order chi connectivity index (χ0) is 21.7. The van der Waals surface area contributed by atoms with E-state index >= 15 is 0 Å². The Morgan fingerprint density at radius 2 is 1.67 bits per heavy atom. The van der Waals surface area contributed by atoms with Crippen LogP contribution in [0.5, 0.6) is 0 Å². The van der Waals surface area contributed by atoms with Crippen molar-refractivity contribution >= 4 is 27.6 Å². The molecule has 1 aliphatic rings. The predicted molar refractivity (Wildman–Crippen MR) is 109 cm³/mol. The molecule has 0 aliphatic carbocycles. The maximum Gasteiger partial charge on any atom is 0.338 e. The van der Waals surface area contributed by atoms with Gasteiger partial charge in [0.05, 0.1) is 16.1 Å². The minimum atomic E-state index is -3.60. The zero-order valence-electron chi connectivity index (χ0n) is 16.5. The van der Waals surface area contributed by atoms with Crippen LogP contribution in [0.2, 0.25) is 0 Å². The van der Waals surface area contributed by atoms with Gasteiger partial charge in [0.15, 0.2) is 6.10 Å². The number of hydrogen-bond acceptors (Lipinski definition) is 5. The first-order chi connectivity index (χ1) is 14.3. The van der Waals surface area contributed by atoms with E-state index in [9.17, 15) is 22.4 Å². The van der Waals surface area contributed by atoms with Gasteiger partial charge in [0.1, 0.15) is 5.82 Å². The number of amides is 1. The van der Waals surface area contributed by atoms with Crippen molar-refractivity contribution in [3.05, 3.63) is 59.9 Å². The molecule has 0 aromatic heterocycles. The van der Waals surface area contributed by atoms with Gasteiger partial charge in [-0.2, -0.15) is 4.31 Å². The van der Waals surface area contributed by atoms with Gasteiger partial charge in [0.2, 0.25) is 10.0 Å². The summed E-state index contributed by atoms with van der Waals surface area (Å²) >= 11 is 0. The molecule has 30 heavy (non-hydrogen) atoms. The summed E-state index contributed by atoms with van der Waals surface area (Å²) in [5, 5.41) is 2.36. The van der Waals surface area contributed by atoms with Crippen molar-refractivity contribution < 1.29 is 27.1 Å². The Balaban J connectivity index is 1.62. The van der Waals surface area contributed by atoms with Crippen LogP contribution in [-0.2, 0) is 19.6 Å². The molecule has 3 rings (SSSR count). The molecule has 1 N–H and O–H groups in total. The Kier molecular flexibility index (Phi) is 6.84. The second kappa shape index (κ2) is 9.36. The molecule has 9 heteroatoms. The number of rotatable bonds is 6. The number of hydrogen-bond donors (Lipinski definition) is 1. The summed E-state index contributed by atoms with van der Waals surface area (Å²) in [6.07, 6.45) is 1.50. The van der Waals surface area contributed by atoms with Crippen molar-refractivity contribution in [2.75, 3.05) is 18.4 Å². The average molecular weight is 434 g/mol. The van der Waals surface area contributed by atoms with E-state index in [1.165, 1.54) is 53.7 Å². The fourth-order valence-electron chi connectivity index (χ4n) is 3.10. The lowest BCUT2D eigenvalue weighted by atomic mass is 10.2. The van der Waals surface area contributed by atoms with Gasteiger partial charge in [0.25, 0.3) is 5.91 Å². The lowest BCUT2D eigenvalue weighted by Gasteiger charge is -2.25. The number of para-hydroxylation sites is 1. The van der Waals surface area contributed by atoms with E-state index in [1.807, 2.05) is 0 Å². The molecule has 1 fully saturated rings. The van der Waals surface area contributed by atoms with Crippen molar-refractivity contribution in [2.24, 2.45) is 0 Å². The van der Waals surface area contributed by atoms with E-state index in [0.29, 0.717) is 13.1 Å². The van der Waals surface area contributed by atoms with Crippen LogP contribution >= 0.6 is 0 Å². The van der Waals surface area contributed by atoms with Crippen molar-refractivity contribution in [3.8, 4) is 0 Å². The third kappa shape index (κ3) is 5.03. The number of sulfonamides is 1. The largest absolute Gasteiger partial charge is 0.449 e. The molecular weight excluding hydrogens is 411 g/mol. The van der Waals surface area contributed by atoms with E-state index in [4.69, 9.17) is 4.74 Å². The van der Waals surface area contributed by atoms with Crippen LogP contribution in [0, 0.1) is 5.82 Å². The molecule has 1 heterocycles. The van der Waals surface area contributed by atoms with Crippen LogP contribution < -0.4 is 5.32 Å². The predicted octanol–water partition coefficient (Wildman–Crippen LogP) is 3.18. The fourth-order valence-corrected chi connectivity index (χ4v) is 4.61. The first-order valence-electron chi connectivity index (χ1n) is 9.65. The Hall–Kier alpha value is -2.78. The number of carbonyl (C=O) groups is 2. The van der Waals surface area contributed by atoms with E-state index in [-0.39, 0.29) is 16.1 Å². The van der Waals surface area contributed by atoms with Crippen LogP contribution in [0.1, 0.15) is 36.5 Å². The summed E-state index contributed by atoms with van der Waals surface area (Å²) in [5.74, 6) is -2.07. The standard InChI is InChI=1S/C21H23FN2O5S/c1-15(20(25)23-19-8-4-3-7-18(19)22)29-21(26)16-9-11-17(12-10-16)30(27,28)24-13-5-2-6-14-24/h3-4,7-12,15H,2,5-6,13-14H2,1H3,(H,23,25)/t15-/m0/s1. The highest BCUT2D eigenvalue weighted by Crippen LogP contribution is 2.21. The van der Waals surface area contributed by atoms with Crippen molar-refractivity contribution in [3.63, 3.8) is 0 Å². The first-order valence-corrected chi connectivity index (χ1v) is 11.1. The van der Waals surface area contributed by atoms with Crippen molar-refractivity contribution in [1.82, 2.24) is 4.31 Å². The van der Waals surface area contributed by atoms with Gasteiger partial charge in [0, 0.05) is 13.1 Å². The first kappa shape index (κ1) is 21.9. The van der Waals surface area contributed by atoms with Gasteiger partial charge in [-0.05, 0) is 56.2 Å². The van der Waals surface area contributed by atoms with Gasteiger partial charge in [-0.1, -0.05) is 18.6 Å². The van der Waals surface area contributed by atoms with Gasteiger partial charge in [-0.3, -0.25) is 4.79 Å². The van der Waals surface area contributed by atoms with E-state index in [1.54, 1.807) is 6.07 Å². The number of benzene rings is 2. The summed E-state index contributed by atoms with van der Waals surface area (Å²) in [4.78, 5) is 24.6. The van der Waals surface area contributed by atoms with Crippen LogP contribution in [0.25, 0.3) is 0 Å². The monoisotopic (exact) mass is 434 g/mol. The van der Waals surface area contributed by atoms with Crippen LogP contribution in [0.4, 0.5) is 10.1 Å². The molecule has 0 saturated carbocycles.